The van der Waals surface area contributed by atoms with Crippen molar-refractivity contribution in [3.05, 3.63) is 0 Å². The average molecular weight is 215 g/mol. The fraction of sp³-hybridized carbons (Fsp3) is 1.00. The lowest BCUT2D eigenvalue weighted by atomic mass is 10.1. The van der Waals surface area contributed by atoms with Crippen molar-refractivity contribution in [1.29, 1.82) is 0 Å². The number of rotatable bonds is 8. The second-order valence-electron chi connectivity index (χ2n) is 4.43. The van der Waals surface area contributed by atoms with Crippen LogP contribution < -0.4 is 5.32 Å². The predicted octanol–water partition coefficient (Wildman–Crippen LogP) is 1.55. The summed E-state index contributed by atoms with van der Waals surface area (Å²) in [5.74, 6) is 0.952. The van der Waals surface area contributed by atoms with Crippen LogP contribution in [0.3, 0.4) is 0 Å². The van der Waals surface area contributed by atoms with Gasteiger partial charge in [-0.15, -0.1) is 0 Å². The van der Waals surface area contributed by atoms with Crippen molar-refractivity contribution in [2.45, 2.75) is 45.1 Å². The average Bonchev–Trinajstić information content (AvgIpc) is 2.71. The lowest BCUT2D eigenvalue weighted by Gasteiger charge is -2.12. The van der Waals surface area contributed by atoms with E-state index >= 15 is 0 Å². The Bertz CT molecular complexity index is 153. The molecule has 1 rings (SSSR count). The van der Waals surface area contributed by atoms with Crippen LogP contribution in [0.15, 0.2) is 0 Å². The van der Waals surface area contributed by atoms with Crippen LogP contribution in [0.4, 0.5) is 0 Å². The van der Waals surface area contributed by atoms with Gasteiger partial charge in [0.1, 0.15) is 0 Å². The molecule has 1 fully saturated rings. The summed E-state index contributed by atoms with van der Waals surface area (Å²) in [4.78, 5) is 0. The molecule has 1 aliphatic rings. The van der Waals surface area contributed by atoms with E-state index in [1.54, 1.807) is 0 Å². The summed E-state index contributed by atoms with van der Waals surface area (Å²) in [6.07, 6.45) is 6.48. The fourth-order valence-corrected chi connectivity index (χ4v) is 2.28. The minimum Gasteiger partial charge on any atom is -0.394 e. The molecule has 2 unspecified atom stereocenters. The van der Waals surface area contributed by atoms with Gasteiger partial charge in [-0.1, -0.05) is 13.3 Å². The SMILES string of the molecule is CCC1CCC(NCCCOCCO)C1. The van der Waals surface area contributed by atoms with Gasteiger partial charge >= 0.3 is 0 Å². The molecule has 0 aliphatic heterocycles. The Labute approximate surface area is 93.2 Å². The molecule has 0 saturated heterocycles. The molecular formula is C12H25NO2. The van der Waals surface area contributed by atoms with E-state index in [4.69, 9.17) is 9.84 Å². The highest BCUT2D eigenvalue weighted by Crippen LogP contribution is 2.27. The van der Waals surface area contributed by atoms with Crippen LogP contribution in [0.25, 0.3) is 0 Å². The third-order valence-electron chi connectivity index (χ3n) is 3.25. The maximum Gasteiger partial charge on any atom is 0.0697 e. The first-order valence-electron chi connectivity index (χ1n) is 6.28. The zero-order valence-corrected chi connectivity index (χ0v) is 9.87. The van der Waals surface area contributed by atoms with Crippen LogP contribution in [0.2, 0.25) is 0 Å². The van der Waals surface area contributed by atoms with Gasteiger partial charge in [0.2, 0.25) is 0 Å². The molecule has 1 saturated carbocycles. The molecule has 0 spiro atoms. The molecule has 1 aliphatic carbocycles. The van der Waals surface area contributed by atoms with Crippen LogP contribution in [0.1, 0.15) is 39.0 Å². The van der Waals surface area contributed by atoms with Gasteiger partial charge in [0.15, 0.2) is 0 Å². The number of aliphatic hydroxyl groups excluding tert-OH is 1. The van der Waals surface area contributed by atoms with Gasteiger partial charge in [0.25, 0.3) is 0 Å². The molecule has 3 heteroatoms. The Morgan fingerprint density at radius 3 is 2.87 bits per heavy atom. The molecular weight excluding hydrogens is 190 g/mol. The van der Waals surface area contributed by atoms with Gasteiger partial charge in [-0.05, 0) is 38.1 Å². The zero-order valence-electron chi connectivity index (χ0n) is 9.87. The first-order valence-corrected chi connectivity index (χ1v) is 6.28. The molecule has 90 valence electrons. The zero-order chi connectivity index (χ0) is 10.9. The smallest absolute Gasteiger partial charge is 0.0697 e. The Hall–Kier alpha value is -0.120. The van der Waals surface area contributed by atoms with Gasteiger partial charge in [0, 0.05) is 12.6 Å². The van der Waals surface area contributed by atoms with Gasteiger partial charge in [-0.25, -0.2) is 0 Å². The van der Waals surface area contributed by atoms with Gasteiger partial charge in [-0.3, -0.25) is 0 Å². The number of ether oxygens (including phenoxy) is 1. The monoisotopic (exact) mass is 215 g/mol. The summed E-state index contributed by atoms with van der Waals surface area (Å²) >= 11 is 0. The van der Waals surface area contributed by atoms with E-state index in [9.17, 15) is 0 Å². The van der Waals surface area contributed by atoms with E-state index < -0.39 is 0 Å². The van der Waals surface area contributed by atoms with Crippen LogP contribution in [-0.2, 0) is 4.74 Å². The van der Waals surface area contributed by atoms with Crippen molar-refractivity contribution in [1.82, 2.24) is 5.32 Å². The molecule has 0 heterocycles. The van der Waals surface area contributed by atoms with Crippen LogP contribution in [0.5, 0.6) is 0 Å². The molecule has 0 amide bonds. The second kappa shape index (κ2) is 8.08. The summed E-state index contributed by atoms with van der Waals surface area (Å²) in [6.45, 7) is 4.70. The largest absolute Gasteiger partial charge is 0.394 e. The quantitative estimate of drug-likeness (QED) is 0.604. The summed E-state index contributed by atoms with van der Waals surface area (Å²) < 4.78 is 5.20. The van der Waals surface area contributed by atoms with Crippen LogP contribution in [-0.4, -0.2) is 37.5 Å². The minimum atomic E-state index is 0.133. The molecule has 15 heavy (non-hydrogen) atoms. The van der Waals surface area contributed by atoms with Gasteiger partial charge < -0.3 is 15.2 Å². The van der Waals surface area contributed by atoms with E-state index in [1.807, 2.05) is 0 Å². The predicted molar refractivity (Wildman–Crippen MR) is 61.9 cm³/mol. The maximum absolute atomic E-state index is 8.51. The normalized spacial score (nSPS) is 26.0. The van der Waals surface area contributed by atoms with Gasteiger partial charge in [0.05, 0.1) is 13.2 Å². The van der Waals surface area contributed by atoms with Crippen molar-refractivity contribution in [2.24, 2.45) is 5.92 Å². The maximum atomic E-state index is 8.51. The lowest BCUT2D eigenvalue weighted by Crippen LogP contribution is -2.28. The second-order valence-corrected chi connectivity index (χ2v) is 4.43. The molecule has 0 aromatic rings. The van der Waals surface area contributed by atoms with E-state index in [2.05, 4.69) is 12.2 Å². The number of aliphatic hydroxyl groups is 1. The molecule has 3 nitrogen and oxygen atoms in total. The molecule has 0 aromatic heterocycles. The Kier molecular flexibility index (Phi) is 6.98. The lowest BCUT2D eigenvalue weighted by molar-refractivity contribution is 0.0904. The van der Waals surface area contributed by atoms with Crippen molar-refractivity contribution >= 4 is 0 Å². The highest BCUT2D eigenvalue weighted by molar-refractivity contribution is 4.79. The van der Waals surface area contributed by atoms with Crippen molar-refractivity contribution in [2.75, 3.05) is 26.4 Å². The molecule has 0 aromatic carbocycles. The topological polar surface area (TPSA) is 41.5 Å². The van der Waals surface area contributed by atoms with Crippen LogP contribution >= 0.6 is 0 Å². The minimum absolute atomic E-state index is 0.133. The third-order valence-corrected chi connectivity index (χ3v) is 3.25. The first kappa shape index (κ1) is 12.9. The number of nitrogens with one attached hydrogen (secondary N) is 1. The Morgan fingerprint density at radius 2 is 2.20 bits per heavy atom. The van der Waals surface area contributed by atoms with E-state index in [-0.39, 0.29) is 6.61 Å². The molecule has 0 bridgehead atoms. The standard InChI is InChI=1S/C12H25NO2/c1-2-11-4-5-12(10-11)13-6-3-8-15-9-7-14/h11-14H,2-10H2,1H3. The highest BCUT2D eigenvalue weighted by Gasteiger charge is 2.22. The summed E-state index contributed by atoms with van der Waals surface area (Å²) in [5.41, 5.74) is 0. The van der Waals surface area contributed by atoms with Gasteiger partial charge in [-0.2, -0.15) is 0 Å². The number of hydrogen-bond acceptors (Lipinski definition) is 3. The van der Waals surface area contributed by atoms with E-state index in [1.165, 1.54) is 25.7 Å². The van der Waals surface area contributed by atoms with Crippen molar-refractivity contribution in [3.63, 3.8) is 0 Å². The Morgan fingerprint density at radius 1 is 1.33 bits per heavy atom. The van der Waals surface area contributed by atoms with E-state index in [0.29, 0.717) is 6.61 Å². The van der Waals surface area contributed by atoms with E-state index in [0.717, 1.165) is 31.5 Å². The Balaban J connectivity index is 1.88. The summed E-state index contributed by atoms with van der Waals surface area (Å²) in [6, 6.07) is 0.743. The first-order chi connectivity index (χ1) is 7.36. The number of hydrogen-bond donors (Lipinski definition) is 2. The molecule has 2 atom stereocenters. The van der Waals surface area contributed by atoms with Crippen molar-refractivity contribution in [3.8, 4) is 0 Å². The molecule has 0 radical (unpaired) electrons. The fourth-order valence-electron chi connectivity index (χ4n) is 2.28. The molecule has 2 N–H and O–H groups in total. The third kappa shape index (κ3) is 5.50. The van der Waals surface area contributed by atoms with Crippen molar-refractivity contribution < 1.29 is 9.84 Å². The summed E-state index contributed by atoms with van der Waals surface area (Å²) in [5, 5.41) is 12.1. The van der Waals surface area contributed by atoms with Crippen LogP contribution in [0, 0.1) is 5.92 Å². The summed E-state index contributed by atoms with van der Waals surface area (Å²) in [7, 11) is 0. The highest BCUT2D eigenvalue weighted by atomic mass is 16.5.